The van der Waals surface area contributed by atoms with Gasteiger partial charge in [-0.2, -0.15) is 0 Å². The zero-order chi connectivity index (χ0) is 29.4. The molecule has 10 N–H and O–H groups in total. The number of nitrogens with one attached hydrogen (secondary N) is 10. The molecule has 0 radical (unpaired) electrons. The summed E-state index contributed by atoms with van der Waals surface area (Å²) in [6.45, 7) is 0. The minimum Gasteiger partial charge on any atom is -0.373 e. The molecular weight excluding hydrogens is 548 g/mol. The molecule has 0 aromatic heterocycles. The fraction of sp³-hybridized carbons (Fsp3) is 0.0645. The number of amidine groups is 5. The van der Waals surface area contributed by atoms with Gasteiger partial charge < -0.3 is 26.6 Å². The second kappa shape index (κ2) is 14.2. The molecule has 0 unspecified atom stereocenters. The Labute approximate surface area is 250 Å². The van der Waals surface area contributed by atoms with Crippen LogP contribution < -0.4 is 26.6 Å². The largest absolute Gasteiger partial charge is 0.373 e. The number of anilines is 3. The Kier molecular flexibility index (Phi) is 10.5. The second-order valence-corrected chi connectivity index (χ2v) is 9.06. The van der Waals surface area contributed by atoms with Crippen molar-refractivity contribution >= 4 is 58.6 Å². The van der Waals surface area contributed by atoms with Gasteiger partial charge in [0.25, 0.3) is 0 Å². The van der Waals surface area contributed by atoms with E-state index >= 15 is 0 Å². The predicted molar refractivity (Wildman–Crippen MR) is 176 cm³/mol. The second-order valence-electron chi connectivity index (χ2n) is 9.06. The molecule has 0 saturated carbocycles. The molecule has 0 amide bonds. The Hall–Kier alpha value is -5.48. The summed E-state index contributed by atoms with van der Waals surface area (Å²) in [5, 5.41) is 55.7. The van der Waals surface area contributed by atoms with Gasteiger partial charge >= 0.3 is 0 Å². The van der Waals surface area contributed by atoms with E-state index in [4.69, 9.17) is 27.0 Å². The normalized spacial score (nSPS) is 9.95. The fourth-order valence-electron chi connectivity index (χ4n) is 3.90. The van der Waals surface area contributed by atoms with Crippen LogP contribution in [0.15, 0.2) is 97.1 Å². The molecule has 4 rings (SSSR count). The van der Waals surface area contributed by atoms with Crippen LogP contribution in [0.2, 0.25) is 0 Å². The summed E-state index contributed by atoms with van der Waals surface area (Å²) in [6.07, 6.45) is 0. The third kappa shape index (κ3) is 7.80. The molecule has 0 aliphatic rings. The molecule has 4 aromatic carbocycles. The predicted octanol–water partition coefficient (Wildman–Crippen LogP) is 5.51. The Morgan fingerprint density at radius 3 is 0.762 bits per heavy atom. The topological polar surface area (TPSA) is 179 Å². The highest BCUT2D eigenvalue weighted by atomic mass is 35.5. The molecule has 10 nitrogen and oxygen atoms in total. The number of benzene rings is 4. The number of halogens is 1. The lowest BCUT2D eigenvalue weighted by Crippen LogP contribution is -2.18. The summed E-state index contributed by atoms with van der Waals surface area (Å²) in [6, 6.07) is 29.0. The molecule has 0 atom stereocenters. The lowest BCUT2D eigenvalue weighted by atomic mass is 10.1. The van der Waals surface area contributed by atoms with Crippen LogP contribution in [0.25, 0.3) is 0 Å². The molecule has 0 fully saturated rings. The SMILES string of the molecule is CNC(=N)c1ccc(NC(=N)c2ccc(NC(=N)c3ccc(NC(=N)c4ccc(C(=N)NC)cc4)cc3)cc2)cc1.Cl. The first-order valence-electron chi connectivity index (χ1n) is 12.8. The molecule has 0 spiro atoms. The van der Waals surface area contributed by atoms with Gasteiger partial charge in [0, 0.05) is 59.0 Å². The van der Waals surface area contributed by atoms with Crippen LogP contribution in [0.5, 0.6) is 0 Å². The Balaban J connectivity index is 0.00000484. The van der Waals surface area contributed by atoms with E-state index in [9.17, 15) is 0 Å². The summed E-state index contributed by atoms with van der Waals surface area (Å²) >= 11 is 0. The molecule has 11 heteroatoms. The first-order chi connectivity index (χ1) is 19.8. The summed E-state index contributed by atoms with van der Waals surface area (Å²) in [4.78, 5) is 0. The van der Waals surface area contributed by atoms with E-state index in [2.05, 4.69) is 26.6 Å². The third-order valence-electron chi connectivity index (χ3n) is 6.29. The summed E-state index contributed by atoms with van der Waals surface area (Å²) in [7, 11) is 3.40. The van der Waals surface area contributed by atoms with Crippen LogP contribution in [-0.4, -0.2) is 43.3 Å². The fourth-order valence-corrected chi connectivity index (χ4v) is 3.90. The standard InChI is InChI=1S/C31H32N10.ClH/c1-37-27(32)19-3-5-21(6-4-19)29(34)39-25-15-9-23(10-16-25)31(36)41-26-17-11-22(12-18-26)30(35)40-24-13-7-20(8-14-24)28(33)38-2;/h3-18H,1-2H3,(H2,32,37)(H2,33,38)(H2,34,39)(H2,35,40)(H2,36,41);1H. The lowest BCUT2D eigenvalue weighted by Gasteiger charge is -2.12. The van der Waals surface area contributed by atoms with Crippen LogP contribution in [0.1, 0.15) is 27.8 Å². The summed E-state index contributed by atoms with van der Waals surface area (Å²) in [5.74, 6) is 1.35. The van der Waals surface area contributed by atoms with Crippen molar-refractivity contribution in [3.63, 3.8) is 0 Å². The van der Waals surface area contributed by atoms with Crippen molar-refractivity contribution in [1.29, 1.82) is 27.0 Å². The Bertz CT molecular complexity index is 1580. The first kappa shape index (κ1) is 31.1. The highest BCUT2D eigenvalue weighted by molar-refractivity contribution is 6.09. The average molecular weight is 581 g/mol. The molecule has 0 heterocycles. The van der Waals surface area contributed by atoms with Gasteiger partial charge in [-0.15, -0.1) is 12.4 Å². The summed E-state index contributed by atoms with van der Waals surface area (Å²) in [5.41, 5.74) is 5.80. The van der Waals surface area contributed by atoms with E-state index in [1.54, 1.807) is 50.5 Å². The first-order valence-corrected chi connectivity index (χ1v) is 12.8. The molecule has 0 saturated heterocycles. The third-order valence-corrected chi connectivity index (χ3v) is 6.29. The van der Waals surface area contributed by atoms with Crippen molar-refractivity contribution in [2.45, 2.75) is 0 Å². The number of hydrogen-bond donors (Lipinski definition) is 10. The van der Waals surface area contributed by atoms with Gasteiger partial charge in [-0.05, 0) is 72.8 Å². The zero-order valence-electron chi connectivity index (χ0n) is 23.1. The smallest absolute Gasteiger partial charge is 0.129 e. The molecule has 0 aliphatic carbocycles. The van der Waals surface area contributed by atoms with Crippen LogP contribution in [-0.2, 0) is 0 Å². The van der Waals surface area contributed by atoms with Gasteiger partial charge in [0.1, 0.15) is 29.2 Å². The number of rotatable bonds is 8. The van der Waals surface area contributed by atoms with Crippen molar-refractivity contribution in [2.75, 3.05) is 30.0 Å². The Morgan fingerprint density at radius 1 is 0.357 bits per heavy atom. The number of hydrogen-bond acceptors (Lipinski definition) is 5. The van der Waals surface area contributed by atoms with Crippen LogP contribution in [0, 0.1) is 27.0 Å². The van der Waals surface area contributed by atoms with E-state index in [0.717, 1.165) is 28.2 Å². The highest BCUT2D eigenvalue weighted by Gasteiger charge is 2.08. The minimum atomic E-state index is 0. The average Bonchev–Trinajstić information content (AvgIpc) is 3.01. The van der Waals surface area contributed by atoms with E-state index in [0.29, 0.717) is 28.4 Å². The molecule has 0 bridgehead atoms. The van der Waals surface area contributed by atoms with Gasteiger partial charge in [0.2, 0.25) is 0 Å². The highest BCUT2D eigenvalue weighted by Crippen LogP contribution is 2.17. The summed E-state index contributed by atoms with van der Waals surface area (Å²) < 4.78 is 0. The maximum Gasteiger partial charge on any atom is 0.129 e. The van der Waals surface area contributed by atoms with Crippen LogP contribution in [0.4, 0.5) is 17.1 Å². The van der Waals surface area contributed by atoms with Gasteiger partial charge in [-0.3, -0.25) is 27.0 Å². The molecule has 42 heavy (non-hydrogen) atoms. The molecule has 0 aliphatic heterocycles. The van der Waals surface area contributed by atoms with E-state index in [-0.39, 0.29) is 29.9 Å². The van der Waals surface area contributed by atoms with Gasteiger partial charge in [-0.25, -0.2) is 0 Å². The van der Waals surface area contributed by atoms with Crippen molar-refractivity contribution in [2.24, 2.45) is 0 Å². The van der Waals surface area contributed by atoms with Crippen molar-refractivity contribution < 1.29 is 0 Å². The minimum absolute atomic E-state index is 0. The van der Waals surface area contributed by atoms with Crippen molar-refractivity contribution in [3.05, 3.63) is 125 Å². The van der Waals surface area contributed by atoms with Gasteiger partial charge in [0.15, 0.2) is 0 Å². The lowest BCUT2D eigenvalue weighted by molar-refractivity contribution is 1.14. The maximum absolute atomic E-state index is 8.46. The van der Waals surface area contributed by atoms with E-state index in [1.807, 2.05) is 60.7 Å². The zero-order valence-corrected chi connectivity index (χ0v) is 24.0. The quantitative estimate of drug-likeness (QED) is 0.0973. The monoisotopic (exact) mass is 580 g/mol. The molecule has 4 aromatic rings. The maximum atomic E-state index is 8.46. The van der Waals surface area contributed by atoms with Crippen molar-refractivity contribution in [3.8, 4) is 0 Å². The van der Waals surface area contributed by atoms with E-state index < -0.39 is 0 Å². The van der Waals surface area contributed by atoms with Crippen molar-refractivity contribution in [1.82, 2.24) is 10.6 Å². The Morgan fingerprint density at radius 2 is 0.548 bits per heavy atom. The van der Waals surface area contributed by atoms with E-state index in [1.165, 1.54) is 0 Å². The molecule has 214 valence electrons. The van der Waals surface area contributed by atoms with Crippen LogP contribution >= 0.6 is 12.4 Å². The van der Waals surface area contributed by atoms with Gasteiger partial charge in [0.05, 0.1) is 0 Å². The van der Waals surface area contributed by atoms with Crippen LogP contribution in [0.3, 0.4) is 0 Å². The molecular formula is C31H33ClN10. The van der Waals surface area contributed by atoms with Gasteiger partial charge in [-0.1, -0.05) is 24.3 Å².